The maximum absolute atomic E-state index is 13.3. The van der Waals surface area contributed by atoms with Gasteiger partial charge in [-0.05, 0) is 44.0 Å². The van der Waals surface area contributed by atoms with Crippen molar-refractivity contribution < 1.29 is 18.0 Å². The molecule has 7 nitrogen and oxygen atoms in total. The van der Waals surface area contributed by atoms with Crippen molar-refractivity contribution in [3.05, 3.63) is 64.7 Å². The molecule has 1 N–H and O–H groups in total. The molecule has 2 rings (SSSR count). The number of halogens is 1. The van der Waals surface area contributed by atoms with Crippen LogP contribution in [0.5, 0.6) is 0 Å². The predicted octanol–water partition coefficient (Wildman–Crippen LogP) is 2.97. The minimum Gasteiger partial charge on any atom is -0.355 e. The summed E-state index contributed by atoms with van der Waals surface area (Å²) in [5.41, 5.74) is 1.91. The van der Waals surface area contributed by atoms with Crippen molar-refractivity contribution in [2.24, 2.45) is 0 Å². The number of anilines is 1. The Labute approximate surface area is 189 Å². The highest BCUT2D eigenvalue weighted by Gasteiger charge is 2.30. The smallest absolute Gasteiger partial charge is 0.244 e. The maximum atomic E-state index is 13.3. The number of nitrogens with one attached hydrogen (secondary N) is 1. The van der Waals surface area contributed by atoms with Crippen LogP contribution in [0.4, 0.5) is 5.69 Å². The first-order valence-electron chi connectivity index (χ1n) is 9.89. The minimum atomic E-state index is -3.78. The molecule has 0 aliphatic rings. The van der Waals surface area contributed by atoms with E-state index in [1.165, 1.54) is 11.0 Å². The molecular weight excluding hydrogens is 438 g/mol. The van der Waals surface area contributed by atoms with E-state index >= 15 is 0 Å². The number of hydrogen-bond donors (Lipinski definition) is 1. The highest BCUT2D eigenvalue weighted by atomic mass is 35.5. The van der Waals surface area contributed by atoms with Gasteiger partial charge in [-0.15, -0.1) is 0 Å². The summed E-state index contributed by atoms with van der Waals surface area (Å²) in [6, 6.07) is 13.3. The molecule has 0 saturated heterocycles. The lowest BCUT2D eigenvalue weighted by molar-refractivity contribution is -0.139. The Kier molecular flexibility index (Phi) is 8.47. The molecule has 0 fully saturated rings. The molecule has 0 aromatic heterocycles. The number of carbonyl (C=O) groups excluding carboxylic acids is 2. The van der Waals surface area contributed by atoms with Crippen LogP contribution in [0.15, 0.2) is 48.5 Å². The molecule has 0 saturated carbocycles. The molecule has 1 atom stereocenters. The van der Waals surface area contributed by atoms with Crippen LogP contribution in [0.2, 0.25) is 5.02 Å². The number of amides is 2. The fourth-order valence-corrected chi connectivity index (χ4v) is 4.05. The third-order valence-corrected chi connectivity index (χ3v) is 6.38. The molecule has 0 aliphatic carbocycles. The van der Waals surface area contributed by atoms with E-state index in [0.717, 1.165) is 21.7 Å². The lowest BCUT2D eigenvalue weighted by atomic mass is 10.1. The number of hydrogen-bond acceptors (Lipinski definition) is 4. The molecule has 168 valence electrons. The lowest BCUT2D eigenvalue weighted by Gasteiger charge is -2.31. The van der Waals surface area contributed by atoms with Crippen LogP contribution in [0.3, 0.4) is 0 Å². The molecule has 9 heteroatoms. The fourth-order valence-electron chi connectivity index (χ4n) is 3.04. The van der Waals surface area contributed by atoms with Crippen LogP contribution in [-0.4, -0.2) is 50.5 Å². The number of carbonyl (C=O) groups is 2. The fraction of sp³-hybridized carbons (Fsp3) is 0.364. The molecular formula is C22H28ClN3O4S. The summed E-state index contributed by atoms with van der Waals surface area (Å²) in [5, 5.41) is 3.11. The number of likely N-dealkylation sites (N-methyl/N-ethyl adjacent to an activating group) is 1. The van der Waals surface area contributed by atoms with Gasteiger partial charge in [-0.1, -0.05) is 48.0 Å². The van der Waals surface area contributed by atoms with Crippen LogP contribution in [-0.2, 0) is 26.2 Å². The van der Waals surface area contributed by atoms with E-state index in [-0.39, 0.29) is 18.1 Å². The van der Waals surface area contributed by atoms with Gasteiger partial charge in [-0.3, -0.25) is 13.9 Å². The number of benzene rings is 2. The van der Waals surface area contributed by atoms with E-state index in [0.29, 0.717) is 11.6 Å². The number of rotatable bonds is 9. The summed E-state index contributed by atoms with van der Waals surface area (Å²) in [6.45, 7) is 5.37. The van der Waals surface area contributed by atoms with E-state index in [1.54, 1.807) is 32.9 Å². The Balaban J connectivity index is 2.38. The van der Waals surface area contributed by atoms with E-state index < -0.39 is 28.5 Å². The largest absolute Gasteiger partial charge is 0.355 e. The van der Waals surface area contributed by atoms with Crippen molar-refractivity contribution in [3.63, 3.8) is 0 Å². The molecule has 0 radical (unpaired) electrons. The summed E-state index contributed by atoms with van der Waals surface area (Å²) >= 11 is 6.17. The summed E-state index contributed by atoms with van der Waals surface area (Å²) in [5.74, 6) is -0.805. The molecule has 31 heavy (non-hydrogen) atoms. The SMILES string of the molecule is CCNC(=O)C(C)N(Cc1ccccc1)C(=O)CN(c1ccc(C)c(Cl)c1)S(C)(=O)=O. The summed E-state index contributed by atoms with van der Waals surface area (Å²) in [6.07, 6.45) is 1.03. The first-order chi connectivity index (χ1) is 14.5. The standard InChI is InChI=1S/C22H28ClN3O4S/c1-5-24-22(28)17(3)25(14-18-9-7-6-8-10-18)21(27)15-26(31(4,29)30)19-12-11-16(2)20(23)13-19/h6-13,17H,5,14-15H2,1-4H3,(H,24,28). The first-order valence-corrected chi connectivity index (χ1v) is 12.1. The topological polar surface area (TPSA) is 86.8 Å². The quantitative estimate of drug-likeness (QED) is 0.616. The molecule has 2 amide bonds. The molecule has 1 unspecified atom stereocenters. The third kappa shape index (κ3) is 6.70. The zero-order valence-electron chi connectivity index (χ0n) is 18.1. The number of sulfonamides is 1. The molecule has 0 bridgehead atoms. The second kappa shape index (κ2) is 10.6. The van der Waals surface area contributed by atoms with Crippen molar-refractivity contribution >= 4 is 39.1 Å². The normalized spacial score (nSPS) is 12.2. The van der Waals surface area contributed by atoms with Crippen LogP contribution in [0.1, 0.15) is 25.0 Å². The van der Waals surface area contributed by atoms with E-state index in [2.05, 4.69) is 5.32 Å². The van der Waals surface area contributed by atoms with E-state index in [4.69, 9.17) is 11.6 Å². The van der Waals surface area contributed by atoms with Gasteiger partial charge in [0, 0.05) is 18.1 Å². The Hall–Kier alpha value is -2.58. The second-order valence-electron chi connectivity index (χ2n) is 7.28. The van der Waals surface area contributed by atoms with Gasteiger partial charge in [-0.2, -0.15) is 0 Å². The average molecular weight is 466 g/mol. The molecule has 0 heterocycles. The van der Waals surface area contributed by atoms with Gasteiger partial charge < -0.3 is 10.2 Å². The van der Waals surface area contributed by atoms with Crippen LogP contribution in [0, 0.1) is 6.92 Å². The molecule has 2 aromatic rings. The first kappa shape index (κ1) is 24.7. The highest BCUT2D eigenvalue weighted by molar-refractivity contribution is 7.92. The van der Waals surface area contributed by atoms with Crippen LogP contribution < -0.4 is 9.62 Å². The Morgan fingerprint density at radius 3 is 2.32 bits per heavy atom. The Morgan fingerprint density at radius 2 is 1.77 bits per heavy atom. The van der Waals surface area contributed by atoms with Gasteiger partial charge in [0.15, 0.2) is 0 Å². The Morgan fingerprint density at radius 1 is 1.13 bits per heavy atom. The summed E-state index contributed by atoms with van der Waals surface area (Å²) in [4.78, 5) is 27.1. The predicted molar refractivity (Wildman–Crippen MR) is 124 cm³/mol. The van der Waals surface area contributed by atoms with Crippen LogP contribution in [0.25, 0.3) is 0 Å². The van der Waals surface area contributed by atoms with Crippen LogP contribution >= 0.6 is 11.6 Å². The highest BCUT2D eigenvalue weighted by Crippen LogP contribution is 2.25. The zero-order valence-corrected chi connectivity index (χ0v) is 19.7. The molecule has 0 aliphatic heterocycles. The zero-order chi connectivity index (χ0) is 23.2. The van der Waals surface area contributed by atoms with E-state index in [9.17, 15) is 18.0 Å². The summed E-state index contributed by atoms with van der Waals surface area (Å²) < 4.78 is 26.0. The van der Waals surface area contributed by atoms with Gasteiger partial charge in [-0.25, -0.2) is 8.42 Å². The van der Waals surface area contributed by atoms with Gasteiger partial charge >= 0.3 is 0 Å². The van der Waals surface area contributed by atoms with Gasteiger partial charge in [0.2, 0.25) is 21.8 Å². The van der Waals surface area contributed by atoms with Gasteiger partial charge in [0.1, 0.15) is 12.6 Å². The maximum Gasteiger partial charge on any atom is 0.244 e. The third-order valence-electron chi connectivity index (χ3n) is 4.84. The van der Waals surface area contributed by atoms with Crippen molar-refractivity contribution in [2.75, 3.05) is 23.7 Å². The number of aryl methyl sites for hydroxylation is 1. The number of nitrogens with zero attached hydrogens (tertiary/aromatic N) is 2. The van der Waals surface area contributed by atoms with Crippen molar-refractivity contribution in [2.45, 2.75) is 33.4 Å². The lowest BCUT2D eigenvalue weighted by Crippen LogP contribution is -2.51. The minimum absolute atomic E-state index is 0.171. The van der Waals surface area contributed by atoms with E-state index in [1.807, 2.05) is 30.3 Å². The molecule has 2 aromatic carbocycles. The monoisotopic (exact) mass is 465 g/mol. The van der Waals surface area contributed by atoms with Gasteiger partial charge in [0.05, 0.1) is 11.9 Å². The van der Waals surface area contributed by atoms with Crippen molar-refractivity contribution in [3.8, 4) is 0 Å². The second-order valence-corrected chi connectivity index (χ2v) is 9.59. The summed E-state index contributed by atoms with van der Waals surface area (Å²) in [7, 11) is -3.78. The Bertz CT molecular complexity index is 1030. The average Bonchev–Trinajstić information content (AvgIpc) is 2.72. The van der Waals surface area contributed by atoms with Crippen molar-refractivity contribution in [1.29, 1.82) is 0 Å². The van der Waals surface area contributed by atoms with Gasteiger partial charge in [0.25, 0.3) is 0 Å². The molecule has 0 spiro atoms. The van der Waals surface area contributed by atoms with Crippen molar-refractivity contribution in [1.82, 2.24) is 10.2 Å².